The number of hydrogen-bond acceptors (Lipinski definition) is 3. The number of halogens is 1. The fourth-order valence-electron chi connectivity index (χ4n) is 2.94. The topological polar surface area (TPSA) is 64.0 Å². The maximum atomic E-state index is 12.4. The van der Waals surface area contributed by atoms with Gasteiger partial charge in [0.25, 0.3) is 0 Å². The van der Waals surface area contributed by atoms with Gasteiger partial charge in [-0.2, -0.15) is 5.10 Å². The first kappa shape index (κ1) is 19.1. The number of nitrogens with zero attached hydrogens (tertiary/aromatic N) is 2. The van der Waals surface area contributed by atoms with Crippen molar-refractivity contribution in [1.29, 1.82) is 0 Å². The van der Waals surface area contributed by atoms with Gasteiger partial charge in [0.2, 0.25) is 11.8 Å². The van der Waals surface area contributed by atoms with E-state index in [2.05, 4.69) is 10.4 Å². The van der Waals surface area contributed by atoms with Gasteiger partial charge >= 0.3 is 0 Å². The van der Waals surface area contributed by atoms with Crippen LogP contribution >= 0.6 is 11.6 Å². The highest BCUT2D eigenvalue weighted by Gasteiger charge is 2.11. The highest BCUT2D eigenvalue weighted by molar-refractivity contribution is 6.30. The normalized spacial score (nSPS) is 10.9. The molecule has 0 bridgehead atoms. The quantitative estimate of drug-likeness (QED) is 0.666. The van der Waals surface area contributed by atoms with Crippen molar-refractivity contribution in [3.8, 4) is 0 Å². The average Bonchev–Trinajstić information content (AvgIpc) is 3.06. The smallest absolute Gasteiger partial charge is 0.247 e. The molecule has 6 heteroatoms. The van der Waals surface area contributed by atoms with Gasteiger partial charge in [-0.1, -0.05) is 35.4 Å². The first-order valence-electron chi connectivity index (χ1n) is 9.01. The number of fused-ring (bicyclic) bond motifs is 1. The van der Waals surface area contributed by atoms with Crippen LogP contribution in [0.2, 0.25) is 5.02 Å². The molecule has 2 aromatic carbocycles. The predicted molar refractivity (Wildman–Crippen MR) is 107 cm³/mol. The van der Waals surface area contributed by atoms with Gasteiger partial charge in [0.15, 0.2) is 0 Å². The molecule has 0 unspecified atom stereocenters. The number of aromatic nitrogens is 2. The monoisotopic (exact) mass is 383 g/mol. The first-order chi connectivity index (χ1) is 13.0. The zero-order valence-corrected chi connectivity index (χ0v) is 16.0. The molecule has 0 aliphatic carbocycles. The van der Waals surface area contributed by atoms with Gasteiger partial charge in [-0.15, -0.1) is 0 Å². The van der Waals surface area contributed by atoms with Crippen molar-refractivity contribution in [1.82, 2.24) is 15.1 Å². The van der Waals surface area contributed by atoms with Crippen LogP contribution in [0.4, 0.5) is 0 Å². The Balaban J connectivity index is 1.41. The van der Waals surface area contributed by atoms with Crippen LogP contribution in [0.3, 0.4) is 0 Å². The van der Waals surface area contributed by atoms with Crippen molar-refractivity contribution in [2.45, 2.75) is 32.6 Å². The van der Waals surface area contributed by atoms with E-state index >= 15 is 0 Å². The third-order valence-electron chi connectivity index (χ3n) is 4.40. The van der Waals surface area contributed by atoms with E-state index < -0.39 is 0 Å². The first-order valence-corrected chi connectivity index (χ1v) is 9.39. The third kappa shape index (κ3) is 5.17. The molecule has 27 heavy (non-hydrogen) atoms. The average molecular weight is 384 g/mol. The van der Waals surface area contributed by atoms with Crippen molar-refractivity contribution in [3.63, 3.8) is 0 Å². The van der Waals surface area contributed by atoms with Crippen LogP contribution in [-0.2, 0) is 11.2 Å². The molecule has 0 radical (unpaired) electrons. The number of amides is 1. The zero-order chi connectivity index (χ0) is 19.2. The molecule has 0 aliphatic heterocycles. The number of carbonyl (C=O) groups is 2. The Morgan fingerprint density at radius 3 is 2.67 bits per heavy atom. The van der Waals surface area contributed by atoms with Crippen molar-refractivity contribution in [3.05, 3.63) is 64.8 Å². The summed E-state index contributed by atoms with van der Waals surface area (Å²) in [5.74, 6) is -0.138. The minimum Gasteiger partial charge on any atom is -0.356 e. The van der Waals surface area contributed by atoms with E-state index in [4.69, 9.17) is 11.6 Å². The van der Waals surface area contributed by atoms with E-state index in [9.17, 15) is 9.59 Å². The highest BCUT2D eigenvalue weighted by atomic mass is 35.5. The second-order valence-electron chi connectivity index (χ2n) is 6.59. The number of nitrogens with one attached hydrogen (secondary N) is 1. The summed E-state index contributed by atoms with van der Waals surface area (Å²) in [6, 6.07) is 13.4. The minimum atomic E-state index is -0.0946. The van der Waals surface area contributed by atoms with E-state index in [0.29, 0.717) is 24.4 Å². The third-order valence-corrected chi connectivity index (χ3v) is 4.66. The lowest BCUT2D eigenvalue weighted by molar-refractivity contribution is -0.121. The van der Waals surface area contributed by atoms with Crippen LogP contribution in [-0.4, -0.2) is 28.1 Å². The number of carbonyl (C=O) groups excluding carboxylic acids is 2. The Morgan fingerprint density at radius 1 is 1.11 bits per heavy atom. The largest absolute Gasteiger partial charge is 0.356 e. The maximum Gasteiger partial charge on any atom is 0.247 e. The minimum absolute atomic E-state index is 0.0438. The maximum absolute atomic E-state index is 12.4. The lowest BCUT2D eigenvalue weighted by atomic mass is 10.1. The lowest BCUT2D eigenvalue weighted by Crippen LogP contribution is -2.25. The molecule has 0 saturated carbocycles. The van der Waals surface area contributed by atoms with Crippen molar-refractivity contribution >= 4 is 34.3 Å². The lowest BCUT2D eigenvalue weighted by Gasteiger charge is -2.06. The van der Waals surface area contributed by atoms with E-state index in [0.717, 1.165) is 28.5 Å². The molecule has 3 aromatic rings. The summed E-state index contributed by atoms with van der Waals surface area (Å²) in [6.07, 6.45) is 3.56. The number of aryl methyl sites for hydroxylation is 1. The number of rotatable bonds is 7. The predicted octanol–water partition coefficient (Wildman–Crippen LogP) is 4.17. The van der Waals surface area contributed by atoms with E-state index in [1.54, 1.807) is 6.20 Å². The van der Waals surface area contributed by atoms with Gasteiger partial charge in [-0.3, -0.25) is 9.59 Å². The van der Waals surface area contributed by atoms with Crippen molar-refractivity contribution in [2.75, 3.05) is 6.54 Å². The van der Waals surface area contributed by atoms with Gasteiger partial charge < -0.3 is 5.32 Å². The SMILES string of the molecule is Cc1ccc2c(cnn2C(=O)CCCC(=O)NCCc2ccc(Cl)cc2)c1. The molecule has 0 aliphatic rings. The molecule has 0 fully saturated rings. The van der Waals surface area contributed by atoms with E-state index in [1.807, 2.05) is 49.4 Å². The Morgan fingerprint density at radius 2 is 1.89 bits per heavy atom. The van der Waals surface area contributed by atoms with E-state index in [-0.39, 0.29) is 18.2 Å². The molecule has 3 rings (SSSR count). The van der Waals surface area contributed by atoms with Crippen LogP contribution in [0.15, 0.2) is 48.7 Å². The number of benzene rings is 2. The standard InChI is InChI=1S/C21H22ClN3O2/c1-15-5-10-19-17(13-15)14-24-25(19)21(27)4-2-3-20(26)23-12-11-16-6-8-18(22)9-7-16/h5-10,13-14H,2-4,11-12H2,1H3,(H,23,26). The summed E-state index contributed by atoms with van der Waals surface area (Å²) >= 11 is 5.85. The Kier molecular flexibility index (Phi) is 6.24. The van der Waals surface area contributed by atoms with Gasteiger partial charge in [-0.05, 0) is 49.6 Å². The second kappa shape index (κ2) is 8.82. The summed E-state index contributed by atoms with van der Waals surface area (Å²) in [7, 11) is 0. The molecule has 140 valence electrons. The zero-order valence-electron chi connectivity index (χ0n) is 15.2. The molecular formula is C21H22ClN3O2. The summed E-state index contributed by atoms with van der Waals surface area (Å²) in [5.41, 5.74) is 3.05. The summed E-state index contributed by atoms with van der Waals surface area (Å²) in [6.45, 7) is 2.57. The van der Waals surface area contributed by atoms with Gasteiger partial charge in [0, 0.05) is 29.8 Å². The van der Waals surface area contributed by atoms with Crippen LogP contribution in [0, 0.1) is 6.92 Å². The van der Waals surface area contributed by atoms with E-state index in [1.165, 1.54) is 4.68 Å². The second-order valence-corrected chi connectivity index (χ2v) is 7.03. The molecule has 1 heterocycles. The van der Waals surface area contributed by atoms with Crippen LogP contribution < -0.4 is 5.32 Å². The van der Waals surface area contributed by atoms with Gasteiger partial charge in [-0.25, -0.2) is 4.68 Å². The fraction of sp³-hybridized carbons (Fsp3) is 0.286. The molecule has 1 aromatic heterocycles. The van der Waals surface area contributed by atoms with Crippen molar-refractivity contribution < 1.29 is 9.59 Å². The van der Waals surface area contributed by atoms with Crippen LogP contribution in [0.25, 0.3) is 10.9 Å². The van der Waals surface area contributed by atoms with Crippen molar-refractivity contribution in [2.24, 2.45) is 0 Å². The fourth-order valence-corrected chi connectivity index (χ4v) is 3.07. The summed E-state index contributed by atoms with van der Waals surface area (Å²) < 4.78 is 1.42. The molecule has 0 atom stereocenters. The summed E-state index contributed by atoms with van der Waals surface area (Å²) in [5, 5.41) is 8.71. The molecular weight excluding hydrogens is 362 g/mol. The molecule has 5 nitrogen and oxygen atoms in total. The number of hydrogen-bond donors (Lipinski definition) is 1. The molecule has 1 amide bonds. The highest BCUT2D eigenvalue weighted by Crippen LogP contribution is 2.16. The van der Waals surface area contributed by atoms with Gasteiger partial charge in [0.1, 0.15) is 0 Å². The Labute approximate surface area is 163 Å². The molecule has 1 N–H and O–H groups in total. The Bertz CT molecular complexity index is 948. The van der Waals surface area contributed by atoms with Gasteiger partial charge in [0.05, 0.1) is 11.7 Å². The van der Waals surface area contributed by atoms with Crippen LogP contribution in [0.5, 0.6) is 0 Å². The van der Waals surface area contributed by atoms with Crippen LogP contribution in [0.1, 0.15) is 35.2 Å². The molecule has 0 saturated heterocycles. The Hall–Kier alpha value is -2.66. The molecule has 0 spiro atoms. The summed E-state index contributed by atoms with van der Waals surface area (Å²) in [4.78, 5) is 24.3.